The smallest absolute Gasteiger partial charge is 0.390 e. The fraction of sp³-hybridized carbons (Fsp3) is 0.438. The van der Waals surface area contributed by atoms with Gasteiger partial charge < -0.3 is 15.0 Å². The molecule has 0 spiro atoms. The number of alkyl halides is 3. The van der Waals surface area contributed by atoms with Crippen LogP contribution in [0.4, 0.5) is 13.2 Å². The number of β-amino-alcohol motifs (C(OH)–C–C–N with tert-alkyl or cyclic N) is 1. The number of sulfonamides is 1. The van der Waals surface area contributed by atoms with Crippen molar-refractivity contribution in [2.24, 2.45) is 0 Å². The molecule has 13 heteroatoms. The monoisotopic (exact) mass is 643 g/mol. The van der Waals surface area contributed by atoms with Crippen LogP contribution in [-0.2, 0) is 35.7 Å². The number of nitrogens with zero attached hydrogens (tertiary/aromatic N) is 4. The molecular weight excluding hydrogens is 607 g/mol. The number of rotatable bonds is 8. The van der Waals surface area contributed by atoms with Gasteiger partial charge in [-0.1, -0.05) is 12.1 Å². The topological polar surface area (TPSA) is 112 Å². The molecule has 2 aromatic carbocycles. The molecule has 4 aromatic rings. The molecule has 1 atom stereocenters. The standard InChI is InChI=1S/C32H36F3N5O4S/c1-20(41)23-5-8-29-26(15-23)27(16-36-29)21-9-12-38(13-10-21)17-25(42)18-40-30-11-14-39(45(2,43)44)19-28(30)31(37-40)22-3-6-24(7-4-22)32(33,34)35/h3-8,15-16,21,25,36,42H,9-14,17-19H2,1-2H3. The quantitative estimate of drug-likeness (QED) is 0.267. The molecule has 0 amide bonds. The number of benzene rings is 2. The van der Waals surface area contributed by atoms with Gasteiger partial charge in [0.2, 0.25) is 10.0 Å². The maximum absolute atomic E-state index is 13.2. The van der Waals surface area contributed by atoms with Crippen molar-refractivity contribution < 1.29 is 31.5 Å². The fourth-order valence-electron chi connectivity index (χ4n) is 6.63. The molecule has 0 bridgehead atoms. The number of Topliss-reactive ketones (excluding diaryl/α,β-unsaturated/α-hetero) is 1. The summed E-state index contributed by atoms with van der Waals surface area (Å²) in [4.78, 5) is 17.5. The molecule has 1 saturated heterocycles. The Labute approximate surface area is 259 Å². The Balaban J connectivity index is 1.16. The minimum atomic E-state index is -4.47. The highest BCUT2D eigenvalue weighted by Crippen LogP contribution is 2.36. The molecule has 240 valence electrons. The number of piperidine rings is 1. The number of aromatic nitrogens is 3. The second kappa shape index (κ2) is 12.0. The van der Waals surface area contributed by atoms with Crippen LogP contribution >= 0.6 is 0 Å². The summed E-state index contributed by atoms with van der Waals surface area (Å²) in [6.07, 6.45) is 0.117. The molecule has 0 aliphatic carbocycles. The number of nitrogens with one attached hydrogen (secondary N) is 1. The van der Waals surface area contributed by atoms with Crippen LogP contribution in [0.1, 0.15) is 58.4 Å². The predicted molar refractivity (Wildman–Crippen MR) is 164 cm³/mol. The third-order valence-corrected chi connectivity index (χ3v) is 10.3. The van der Waals surface area contributed by atoms with Crippen molar-refractivity contribution >= 4 is 26.7 Å². The van der Waals surface area contributed by atoms with Crippen molar-refractivity contribution in [3.63, 3.8) is 0 Å². The number of aliphatic hydroxyl groups excluding tert-OH is 1. The molecule has 2 N–H and O–H groups in total. The lowest BCUT2D eigenvalue weighted by atomic mass is 9.88. The van der Waals surface area contributed by atoms with Crippen LogP contribution in [0.5, 0.6) is 0 Å². The number of carbonyl (C=O) groups excluding carboxylic acids is 1. The van der Waals surface area contributed by atoms with E-state index in [0.29, 0.717) is 41.3 Å². The minimum Gasteiger partial charge on any atom is -0.390 e. The molecule has 0 radical (unpaired) electrons. The predicted octanol–water partition coefficient (Wildman–Crippen LogP) is 4.81. The summed E-state index contributed by atoms with van der Waals surface area (Å²) in [7, 11) is -3.49. The van der Waals surface area contributed by atoms with Crippen LogP contribution < -0.4 is 0 Å². The maximum Gasteiger partial charge on any atom is 0.416 e. The first kappa shape index (κ1) is 31.5. The molecule has 1 unspecified atom stereocenters. The largest absolute Gasteiger partial charge is 0.416 e. The zero-order valence-electron chi connectivity index (χ0n) is 25.1. The zero-order valence-corrected chi connectivity index (χ0v) is 26.0. The van der Waals surface area contributed by atoms with Gasteiger partial charge in [-0.2, -0.15) is 22.6 Å². The molecule has 4 heterocycles. The average molecular weight is 644 g/mol. The van der Waals surface area contributed by atoms with E-state index in [1.807, 2.05) is 24.4 Å². The highest BCUT2D eigenvalue weighted by molar-refractivity contribution is 7.88. The van der Waals surface area contributed by atoms with E-state index in [1.54, 1.807) is 11.6 Å². The summed E-state index contributed by atoms with van der Waals surface area (Å²) in [5.41, 5.74) is 4.43. The summed E-state index contributed by atoms with van der Waals surface area (Å²) in [6.45, 7) is 4.07. The Hall–Kier alpha value is -3.52. The molecule has 2 aliphatic heterocycles. The Morgan fingerprint density at radius 1 is 1.09 bits per heavy atom. The van der Waals surface area contributed by atoms with Gasteiger partial charge in [0.25, 0.3) is 0 Å². The number of hydrogen-bond donors (Lipinski definition) is 2. The number of fused-ring (bicyclic) bond motifs is 2. The van der Waals surface area contributed by atoms with Gasteiger partial charge >= 0.3 is 6.18 Å². The number of aliphatic hydroxyl groups is 1. The van der Waals surface area contributed by atoms with Gasteiger partial charge in [-0.3, -0.25) is 9.48 Å². The Kier molecular flexibility index (Phi) is 8.40. The average Bonchev–Trinajstić information content (AvgIpc) is 3.57. The summed E-state index contributed by atoms with van der Waals surface area (Å²) in [5.74, 6) is 0.363. The molecular formula is C32H36F3N5O4S. The number of aromatic amines is 1. The van der Waals surface area contributed by atoms with E-state index in [-0.39, 0.29) is 25.4 Å². The third kappa shape index (κ3) is 6.57. The van der Waals surface area contributed by atoms with Gasteiger partial charge in [-0.25, -0.2) is 8.42 Å². The van der Waals surface area contributed by atoms with Crippen molar-refractivity contribution in [2.45, 2.75) is 57.5 Å². The maximum atomic E-state index is 13.2. The molecule has 45 heavy (non-hydrogen) atoms. The molecule has 9 nitrogen and oxygen atoms in total. The van der Waals surface area contributed by atoms with Crippen molar-refractivity contribution in [1.82, 2.24) is 24.0 Å². The van der Waals surface area contributed by atoms with Crippen LogP contribution in [0, 0.1) is 0 Å². The van der Waals surface area contributed by atoms with E-state index in [0.717, 1.165) is 60.9 Å². The molecule has 2 aromatic heterocycles. The first-order chi connectivity index (χ1) is 21.3. The highest BCUT2D eigenvalue weighted by atomic mass is 32.2. The van der Waals surface area contributed by atoms with Crippen LogP contribution in [0.2, 0.25) is 0 Å². The number of ketones is 1. The second-order valence-electron chi connectivity index (χ2n) is 12.2. The summed E-state index contributed by atoms with van der Waals surface area (Å²) < 4.78 is 67.2. The van der Waals surface area contributed by atoms with E-state index >= 15 is 0 Å². The van der Waals surface area contributed by atoms with Crippen LogP contribution in [0.15, 0.2) is 48.7 Å². The summed E-state index contributed by atoms with van der Waals surface area (Å²) in [6, 6.07) is 10.4. The van der Waals surface area contributed by atoms with Crippen molar-refractivity contribution in [3.05, 3.63) is 76.6 Å². The van der Waals surface area contributed by atoms with Gasteiger partial charge in [0.1, 0.15) is 0 Å². The van der Waals surface area contributed by atoms with E-state index in [4.69, 9.17) is 5.10 Å². The fourth-order valence-corrected chi connectivity index (χ4v) is 7.42. The normalized spacial score (nSPS) is 17.9. The third-order valence-electron chi connectivity index (χ3n) is 9.05. The van der Waals surface area contributed by atoms with Gasteiger partial charge in [0.15, 0.2) is 5.78 Å². The Bertz CT molecular complexity index is 1820. The minimum absolute atomic E-state index is 0.0329. The lowest BCUT2D eigenvalue weighted by Crippen LogP contribution is -2.40. The Morgan fingerprint density at radius 2 is 1.80 bits per heavy atom. The van der Waals surface area contributed by atoms with Gasteiger partial charge in [-0.15, -0.1) is 0 Å². The highest BCUT2D eigenvalue weighted by Gasteiger charge is 2.33. The van der Waals surface area contributed by atoms with Crippen molar-refractivity contribution in [1.29, 1.82) is 0 Å². The van der Waals surface area contributed by atoms with Crippen LogP contribution in [-0.4, -0.2) is 81.8 Å². The Morgan fingerprint density at radius 3 is 2.44 bits per heavy atom. The van der Waals surface area contributed by atoms with Crippen LogP contribution in [0.3, 0.4) is 0 Å². The van der Waals surface area contributed by atoms with Gasteiger partial charge in [0.05, 0.1) is 30.2 Å². The number of hydrogen-bond acceptors (Lipinski definition) is 6. The number of carbonyl (C=O) groups is 1. The number of likely N-dealkylation sites (tertiary alicyclic amines) is 1. The van der Waals surface area contributed by atoms with Crippen molar-refractivity contribution in [3.8, 4) is 11.3 Å². The van der Waals surface area contributed by atoms with E-state index in [1.165, 1.54) is 22.0 Å². The SMILES string of the molecule is CC(=O)c1ccc2[nH]cc(C3CCN(CC(O)Cn4nc(-c5ccc(C(F)(F)F)cc5)c5c4CCN(S(C)(=O)=O)C5)CC3)c2c1. The van der Waals surface area contributed by atoms with Crippen LogP contribution in [0.25, 0.3) is 22.2 Å². The van der Waals surface area contributed by atoms with Crippen molar-refractivity contribution in [2.75, 3.05) is 32.4 Å². The molecule has 1 fully saturated rings. The van der Waals surface area contributed by atoms with Gasteiger partial charge in [0, 0.05) is 65.5 Å². The lowest BCUT2D eigenvalue weighted by molar-refractivity contribution is -0.137. The first-order valence-corrected chi connectivity index (χ1v) is 16.9. The number of H-pyrrole nitrogens is 1. The van der Waals surface area contributed by atoms with Gasteiger partial charge in [-0.05, 0) is 74.7 Å². The molecule has 2 aliphatic rings. The second-order valence-corrected chi connectivity index (χ2v) is 14.1. The molecule has 0 saturated carbocycles. The zero-order chi connectivity index (χ0) is 32.1. The van der Waals surface area contributed by atoms with E-state index < -0.39 is 27.9 Å². The lowest BCUT2D eigenvalue weighted by Gasteiger charge is -2.33. The van der Waals surface area contributed by atoms with E-state index in [9.17, 15) is 31.5 Å². The van der Waals surface area contributed by atoms with E-state index in [2.05, 4.69) is 9.88 Å². The summed E-state index contributed by atoms with van der Waals surface area (Å²) in [5, 5.41) is 16.9. The summed E-state index contributed by atoms with van der Waals surface area (Å²) >= 11 is 0. The first-order valence-electron chi connectivity index (χ1n) is 15.0. The number of halogens is 3. The molecule has 6 rings (SSSR count).